The van der Waals surface area contributed by atoms with Gasteiger partial charge in [0, 0.05) is 6.61 Å². The van der Waals surface area contributed by atoms with Gasteiger partial charge in [0.1, 0.15) is 5.41 Å². The SMILES string of the molecule is C[SiH](C)O[SiH2]OC1([SiH3])CCCCO1. The van der Waals surface area contributed by atoms with E-state index in [1.54, 1.807) is 0 Å². The van der Waals surface area contributed by atoms with E-state index in [0.717, 1.165) is 23.3 Å². The number of rotatable bonds is 4. The Labute approximate surface area is 87.4 Å². The lowest BCUT2D eigenvalue weighted by Crippen LogP contribution is -2.41. The molecule has 0 bridgehead atoms. The van der Waals surface area contributed by atoms with Crippen LogP contribution in [0.15, 0.2) is 0 Å². The lowest BCUT2D eigenvalue weighted by atomic mass is 10.2. The van der Waals surface area contributed by atoms with Crippen molar-refractivity contribution in [1.29, 1.82) is 0 Å². The van der Waals surface area contributed by atoms with Crippen molar-refractivity contribution in [3.8, 4) is 0 Å². The van der Waals surface area contributed by atoms with Crippen molar-refractivity contribution < 1.29 is 13.3 Å². The van der Waals surface area contributed by atoms with E-state index < -0.39 is 19.0 Å². The van der Waals surface area contributed by atoms with Crippen LogP contribution in [-0.4, -0.2) is 41.3 Å². The predicted octanol–water partition coefficient (Wildman–Crippen LogP) is -0.779. The standard InChI is InChI=1S/C7H20O3Si3/c1-13(2)10-12-9-7(11)5-3-4-6-8-7/h13H,3-6,12H2,1-2,11H3. The molecule has 78 valence electrons. The van der Waals surface area contributed by atoms with Crippen LogP contribution in [-0.2, 0) is 13.3 Å². The van der Waals surface area contributed by atoms with Gasteiger partial charge in [-0.15, -0.1) is 0 Å². The third-order valence-corrected chi connectivity index (χ3v) is 7.79. The summed E-state index contributed by atoms with van der Waals surface area (Å²) < 4.78 is 17.0. The molecule has 0 N–H and O–H groups in total. The molecule has 1 aliphatic rings. The topological polar surface area (TPSA) is 27.7 Å². The summed E-state index contributed by atoms with van der Waals surface area (Å²) in [6.07, 6.45) is 3.51. The van der Waals surface area contributed by atoms with Gasteiger partial charge in [-0.05, 0) is 32.4 Å². The highest BCUT2D eigenvalue weighted by molar-refractivity contribution is 6.54. The molecule has 6 heteroatoms. The smallest absolute Gasteiger partial charge is 0.296 e. The van der Waals surface area contributed by atoms with Gasteiger partial charge >= 0.3 is 0 Å². The molecule has 1 fully saturated rings. The van der Waals surface area contributed by atoms with Crippen LogP contribution >= 0.6 is 0 Å². The van der Waals surface area contributed by atoms with Gasteiger partial charge in [-0.25, -0.2) is 0 Å². The first-order chi connectivity index (χ1) is 6.12. The van der Waals surface area contributed by atoms with E-state index in [0.29, 0.717) is 0 Å². The molecular weight excluding hydrogens is 216 g/mol. The van der Waals surface area contributed by atoms with Gasteiger partial charge in [-0.2, -0.15) is 0 Å². The zero-order valence-corrected chi connectivity index (χ0v) is 13.4. The minimum Gasteiger partial charge on any atom is -0.443 e. The van der Waals surface area contributed by atoms with Crippen LogP contribution in [0.4, 0.5) is 0 Å². The molecule has 1 rings (SSSR count). The molecule has 0 aromatic carbocycles. The molecule has 0 spiro atoms. The first-order valence-corrected chi connectivity index (χ1v) is 9.95. The maximum absolute atomic E-state index is 5.77. The van der Waals surface area contributed by atoms with Crippen LogP contribution in [0, 0.1) is 0 Å². The average Bonchev–Trinajstić information content (AvgIpc) is 2.04. The van der Waals surface area contributed by atoms with E-state index >= 15 is 0 Å². The first kappa shape index (κ1) is 11.6. The van der Waals surface area contributed by atoms with Crippen LogP contribution in [0.25, 0.3) is 0 Å². The Morgan fingerprint density at radius 3 is 2.77 bits per heavy atom. The zero-order valence-electron chi connectivity index (χ0n) is 8.84. The molecule has 0 amide bonds. The quantitative estimate of drug-likeness (QED) is 0.600. The van der Waals surface area contributed by atoms with Gasteiger partial charge in [0.25, 0.3) is 10.0 Å². The minimum absolute atomic E-state index is 0.187. The molecule has 1 unspecified atom stereocenters. The van der Waals surface area contributed by atoms with Crippen molar-refractivity contribution in [2.45, 2.75) is 37.8 Å². The molecule has 0 aromatic heterocycles. The number of hydrogen-bond acceptors (Lipinski definition) is 3. The molecular formula is C7H20O3Si3. The van der Waals surface area contributed by atoms with E-state index in [1.165, 1.54) is 12.8 Å². The van der Waals surface area contributed by atoms with Crippen molar-refractivity contribution in [2.75, 3.05) is 6.61 Å². The van der Waals surface area contributed by atoms with E-state index in [1.807, 2.05) is 0 Å². The molecule has 3 nitrogen and oxygen atoms in total. The maximum Gasteiger partial charge on any atom is 0.296 e. The van der Waals surface area contributed by atoms with Crippen molar-refractivity contribution in [3.05, 3.63) is 0 Å². The fourth-order valence-corrected chi connectivity index (χ4v) is 4.07. The lowest BCUT2D eigenvalue weighted by Gasteiger charge is -2.34. The summed E-state index contributed by atoms with van der Waals surface area (Å²) in [5.41, 5.74) is -0.187. The van der Waals surface area contributed by atoms with Crippen molar-refractivity contribution in [1.82, 2.24) is 0 Å². The van der Waals surface area contributed by atoms with Crippen LogP contribution in [0.1, 0.15) is 19.3 Å². The van der Waals surface area contributed by atoms with E-state index in [-0.39, 0.29) is 5.41 Å². The van der Waals surface area contributed by atoms with Gasteiger partial charge in [0.05, 0.1) is 10.2 Å². The van der Waals surface area contributed by atoms with Gasteiger partial charge in [0.15, 0.2) is 9.04 Å². The largest absolute Gasteiger partial charge is 0.443 e. The summed E-state index contributed by atoms with van der Waals surface area (Å²) in [5, 5.41) is 0. The Morgan fingerprint density at radius 1 is 1.46 bits per heavy atom. The second-order valence-corrected chi connectivity index (χ2v) is 9.40. The molecule has 1 atom stereocenters. The van der Waals surface area contributed by atoms with Gasteiger partial charge in [0.2, 0.25) is 0 Å². The first-order valence-electron chi connectivity index (χ1n) is 5.02. The van der Waals surface area contributed by atoms with Crippen LogP contribution in [0.2, 0.25) is 13.1 Å². The molecule has 0 aromatic rings. The summed E-state index contributed by atoms with van der Waals surface area (Å²) in [6.45, 7) is 5.23. The van der Waals surface area contributed by atoms with Gasteiger partial charge in [-0.3, -0.25) is 0 Å². The fourth-order valence-electron chi connectivity index (χ4n) is 1.32. The number of ether oxygens (including phenoxy) is 1. The zero-order chi connectivity index (χ0) is 9.73. The summed E-state index contributed by atoms with van der Waals surface area (Å²) in [4.78, 5) is 0. The molecule has 0 saturated carbocycles. The monoisotopic (exact) mass is 236 g/mol. The molecule has 0 aliphatic carbocycles. The highest BCUT2D eigenvalue weighted by atomic mass is 28.4. The van der Waals surface area contributed by atoms with Crippen LogP contribution in [0.3, 0.4) is 0 Å². The highest BCUT2D eigenvalue weighted by Crippen LogP contribution is 2.22. The fraction of sp³-hybridized carbons (Fsp3) is 1.00. The van der Waals surface area contributed by atoms with Crippen LogP contribution in [0.5, 0.6) is 0 Å². The second kappa shape index (κ2) is 5.42. The Balaban J connectivity index is 2.17. The maximum atomic E-state index is 5.77. The summed E-state index contributed by atoms with van der Waals surface area (Å²) in [6, 6.07) is 0. The molecule has 1 heterocycles. The van der Waals surface area contributed by atoms with E-state index in [2.05, 4.69) is 13.1 Å². The predicted molar refractivity (Wildman–Crippen MR) is 62.1 cm³/mol. The third kappa shape index (κ3) is 4.52. The minimum atomic E-state index is -0.876. The van der Waals surface area contributed by atoms with Crippen molar-refractivity contribution in [3.63, 3.8) is 0 Å². The number of hydrogen-bond donors (Lipinski definition) is 0. The van der Waals surface area contributed by atoms with Crippen molar-refractivity contribution in [2.24, 2.45) is 0 Å². The Morgan fingerprint density at radius 2 is 2.23 bits per heavy atom. The Kier molecular flexibility index (Phi) is 4.84. The van der Waals surface area contributed by atoms with E-state index in [9.17, 15) is 0 Å². The van der Waals surface area contributed by atoms with Crippen molar-refractivity contribution >= 4 is 29.3 Å². The molecule has 0 radical (unpaired) electrons. The van der Waals surface area contributed by atoms with E-state index in [4.69, 9.17) is 13.3 Å². The normalized spacial score (nSPS) is 30.7. The molecule has 1 saturated heterocycles. The summed E-state index contributed by atoms with van der Waals surface area (Å²) in [5.74, 6) is 0. The Hall–Kier alpha value is 0.531. The van der Waals surface area contributed by atoms with Crippen LogP contribution < -0.4 is 0 Å². The van der Waals surface area contributed by atoms with Gasteiger partial charge in [-0.1, -0.05) is 0 Å². The van der Waals surface area contributed by atoms with Gasteiger partial charge < -0.3 is 13.3 Å². The summed E-state index contributed by atoms with van der Waals surface area (Å²) >= 11 is 0. The summed E-state index contributed by atoms with van der Waals surface area (Å²) in [7, 11) is -0.677. The average molecular weight is 236 g/mol. The second-order valence-electron chi connectivity index (χ2n) is 3.92. The molecule has 1 aliphatic heterocycles. The highest BCUT2D eigenvalue weighted by Gasteiger charge is 2.27. The third-order valence-electron chi connectivity index (χ3n) is 2.20. The molecule has 13 heavy (non-hydrogen) atoms. The Bertz CT molecular complexity index is 148. The lowest BCUT2D eigenvalue weighted by molar-refractivity contribution is -0.147.